The molecule has 2 rings (SSSR count). The summed E-state index contributed by atoms with van der Waals surface area (Å²) in [7, 11) is 0. The maximum atomic E-state index is 11.9. The second-order valence-corrected chi connectivity index (χ2v) is 5.11. The molecule has 2 aromatic carbocycles. The molecule has 0 radical (unpaired) electrons. The lowest BCUT2D eigenvalue weighted by Crippen LogP contribution is -2.19. The van der Waals surface area contributed by atoms with Gasteiger partial charge in [0.25, 0.3) is 0 Å². The highest BCUT2D eigenvalue weighted by Gasteiger charge is 2.05. The van der Waals surface area contributed by atoms with E-state index in [9.17, 15) is 9.59 Å². The van der Waals surface area contributed by atoms with Crippen LogP contribution in [0.4, 0.5) is 16.2 Å². The third-order valence-corrected chi connectivity index (χ3v) is 3.38. The number of amides is 3. The van der Waals surface area contributed by atoms with E-state index in [2.05, 4.69) is 10.6 Å². The minimum atomic E-state index is -0.628. The fourth-order valence-electron chi connectivity index (χ4n) is 1.95. The van der Waals surface area contributed by atoms with Gasteiger partial charge in [-0.3, -0.25) is 4.79 Å². The van der Waals surface area contributed by atoms with E-state index >= 15 is 0 Å². The molecule has 0 saturated heterocycles. The summed E-state index contributed by atoms with van der Waals surface area (Å²) in [6.07, 6.45) is 0.915. The number of nitrogens with two attached hydrogens (primary N) is 1. The molecule has 3 amide bonds. The van der Waals surface area contributed by atoms with Crippen molar-refractivity contribution in [2.45, 2.75) is 12.8 Å². The fourth-order valence-corrected chi connectivity index (χ4v) is 2.18. The summed E-state index contributed by atoms with van der Waals surface area (Å²) >= 11 is 6.05. The lowest BCUT2D eigenvalue weighted by Gasteiger charge is -2.07. The first kappa shape index (κ1) is 15.9. The summed E-state index contributed by atoms with van der Waals surface area (Å²) in [5.41, 5.74) is 7.19. The molecule has 0 aromatic heterocycles. The van der Waals surface area contributed by atoms with Crippen LogP contribution in [0, 0.1) is 0 Å². The first-order chi connectivity index (χ1) is 10.5. The second-order valence-electron chi connectivity index (χ2n) is 4.71. The fraction of sp³-hybridized carbons (Fsp3) is 0.125. The molecule has 22 heavy (non-hydrogen) atoms. The van der Waals surface area contributed by atoms with E-state index in [4.69, 9.17) is 17.3 Å². The first-order valence-electron chi connectivity index (χ1n) is 6.74. The van der Waals surface area contributed by atoms with Crippen LogP contribution in [-0.4, -0.2) is 11.9 Å². The zero-order chi connectivity index (χ0) is 15.9. The van der Waals surface area contributed by atoms with Gasteiger partial charge in [-0.05, 0) is 42.3 Å². The van der Waals surface area contributed by atoms with E-state index in [1.807, 2.05) is 18.2 Å². The predicted molar refractivity (Wildman–Crippen MR) is 88.1 cm³/mol. The number of aryl methyl sites for hydroxylation is 1. The number of hydrogen-bond acceptors (Lipinski definition) is 2. The molecule has 0 atom stereocenters. The number of nitrogens with one attached hydrogen (secondary N) is 2. The molecule has 0 fully saturated rings. The molecule has 114 valence electrons. The zero-order valence-electron chi connectivity index (χ0n) is 11.8. The Bertz CT molecular complexity index is 671. The molecular formula is C16H16ClN3O2. The van der Waals surface area contributed by atoms with Crippen LogP contribution in [0.25, 0.3) is 0 Å². The minimum absolute atomic E-state index is 0.101. The molecule has 0 spiro atoms. The largest absolute Gasteiger partial charge is 0.351 e. The summed E-state index contributed by atoms with van der Waals surface area (Å²) < 4.78 is 0. The number of benzene rings is 2. The molecular weight excluding hydrogens is 302 g/mol. The summed E-state index contributed by atoms with van der Waals surface area (Å²) in [5.74, 6) is -0.101. The topological polar surface area (TPSA) is 84.2 Å². The molecule has 4 N–H and O–H groups in total. The second kappa shape index (κ2) is 7.47. The number of halogens is 1. The van der Waals surface area contributed by atoms with E-state index in [1.54, 1.807) is 30.3 Å². The highest BCUT2D eigenvalue weighted by Crippen LogP contribution is 2.17. The van der Waals surface area contributed by atoms with E-state index < -0.39 is 6.03 Å². The quantitative estimate of drug-likeness (QED) is 0.789. The van der Waals surface area contributed by atoms with Gasteiger partial charge in [-0.2, -0.15) is 0 Å². The lowest BCUT2D eigenvalue weighted by molar-refractivity contribution is -0.116. The smallest absolute Gasteiger partial charge is 0.316 e. The van der Waals surface area contributed by atoms with Gasteiger partial charge in [0.05, 0.1) is 0 Å². The predicted octanol–water partition coefficient (Wildman–Crippen LogP) is 3.40. The maximum Gasteiger partial charge on any atom is 0.316 e. The molecule has 0 aliphatic rings. The van der Waals surface area contributed by atoms with Crippen molar-refractivity contribution in [1.29, 1.82) is 0 Å². The van der Waals surface area contributed by atoms with Gasteiger partial charge in [0.2, 0.25) is 5.91 Å². The standard InChI is InChI=1S/C16H16ClN3O2/c17-14-4-2-1-3-11(14)5-10-15(21)19-12-6-8-13(9-7-12)20-16(18)22/h1-4,6-9H,5,10H2,(H,19,21)(H3,18,20,22). The van der Waals surface area contributed by atoms with Gasteiger partial charge in [0, 0.05) is 22.8 Å². The van der Waals surface area contributed by atoms with Crippen molar-refractivity contribution in [2.75, 3.05) is 10.6 Å². The number of hydrogen-bond donors (Lipinski definition) is 3. The van der Waals surface area contributed by atoms with Crippen LogP contribution >= 0.6 is 11.6 Å². The lowest BCUT2D eigenvalue weighted by atomic mass is 10.1. The van der Waals surface area contributed by atoms with Crippen LogP contribution in [0.3, 0.4) is 0 Å². The van der Waals surface area contributed by atoms with Crippen LogP contribution in [0.1, 0.15) is 12.0 Å². The van der Waals surface area contributed by atoms with E-state index in [0.29, 0.717) is 29.2 Å². The van der Waals surface area contributed by atoms with Gasteiger partial charge in [-0.1, -0.05) is 29.8 Å². The van der Waals surface area contributed by atoms with Crippen molar-refractivity contribution in [3.63, 3.8) is 0 Å². The summed E-state index contributed by atoms with van der Waals surface area (Å²) in [4.78, 5) is 22.6. The van der Waals surface area contributed by atoms with Gasteiger partial charge in [-0.25, -0.2) is 4.79 Å². The van der Waals surface area contributed by atoms with E-state index in [-0.39, 0.29) is 5.91 Å². The normalized spacial score (nSPS) is 10.0. The molecule has 5 nitrogen and oxygen atoms in total. The van der Waals surface area contributed by atoms with Gasteiger partial charge in [0.1, 0.15) is 0 Å². The number of anilines is 2. The number of carbonyl (C=O) groups excluding carboxylic acids is 2. The Morgan fingerprint density at radius 1 is 0.955 bits per heavy atom. The van der Waals surface area contributed by atoms with Crippen LogP contribution < -0.4 is 16.4 Å². The number of carbonyl (C=O) groups is 2. The zero-order valence-corrected chi connectivity index (χ0v) is 12.6. The van der Waals surface area contributed by atoms with Gasteiger partial charge in [0.15, 0.2) is 0 Å². The molecule has 0 aliphatic carbocycles. The van der Waals surface area contributed by atoms with Crippen LogP contribution in [0.5, 0.6) is 0 Å². The summed E-state index contributed by atoms with van der Waals surface area (Å²) in [6.45, 7) is 0. The molecule has 0 aliphatic heterocycles. The third kappa shape index (κ3) is 4.79. The molecule has 0 unspecified atom stereocenters. The molecule has 0 bridgehead atoms. The van der Waals surface area contributed by atoms with Crippen molar-refractivity contribution >= 4 is 34.9 Å². The van der Waals surface area contributed by atoms with Crippen molar-refractivity contribution in [3.8, 4) is 0 Å². The highest BCUT2D eigenvalue weighted by atomic mass is 35.5. The van der Waals surface area contributed by atoms with Crippen molar-refractivity contribution in [1.82, 2.24) is 0 Å². The average molecular weight is 318 g/mol. The van der Waals surface area contributed by atoms with Crippen LogP contribution in [-0.2, 0) is 11.2 Å². The Labute approximate surface area is 133 Å². The van der Waals surface area contributed by atoms with Crippen molar-refractivity contribution in [3.05, 3.63) is 59.1 Å². The number of urea groups is 1. The third-order valence-electron chi connectivity index (χ3n) is 3.02. The maximum absolute atomic E-state index is 11.9. The highest BCUT2D eigenvalue weighted by molar-refractivity contribution is 6.31. The molecule has 0 heterocycles. The van der Waals surface area contributed by atoms with Gasteiger partial charge in [-0.15, -0.1) is 0 Å². The Hall–Kier alpha value is -2.53. The Balaban J connectivity index is 1.87. The van der Waals surface area contributed by atoms with Crippen molar-refractivity contribution < 1.29 is 9.59 Å². The van der Waals surface area contributed by atoms with E-state index in [1.165, 1.54) is 0 Å². The van der Waals surface area contributed by atoms with Gasteiger partial charge >= 0.3 is 6.03 Å². The summed E-state index contributed by atoms with van der Waals surface area (Å²) in [6, 6.07) is 13.5. The SMILES string of the molecule is NC(=O)Nc1ccc(NC(=O)CCc2ccccc2Cl)cc1. The first-order valence-corrected chi connectivity index (χ1v) is 7.12. The van der Waals surface area contributed by atoms with Gasteiger partial charge < -0.3 is 16.4 Å². The van der Waals surface area contributed by atoms with Crippen LogP contribution in [0.2, 0.25) is 5.02 Å². The monoisotopic (exact) mass is 317 g/mol. The minimum Gasteiger partial charge on any atom is -0.351 e. The Morgan fingerprint density at radius 2 is 1.55 bits per heavy atom. The molecule has 6 heteroatoms. The number of primary amides is 1. The Kier molecular flexibility index (Phi) is 5.38. The number of rotatable bonds is 5. The Morgan fingerprint density at radius 3 is 2.14 bits per heavy atom. The average Bonchev–Trinajstić information content (AvgIpc) is 2.48. The van der Waals surface area contributed by atoms with Crippen LogP contribution in [0.15, 0.2) is 48.5 Å². The molecule has 0 saturated carbocycles. The molecule has 2 aromatic rings. The summed E-state index contributed by atoms with van der Waals surface area (Å²) in [5, 5.41) is 5.90. The van der Waals surface area contributed by atoms with Crippen molar-refractivity contribution in [2.24, 2.45) is 5.73 Å². The van der Waals surface area contributed by atoms with E-state index in [0.717, 1.165) is 5.56 Å².